The Labute approximate surface area is 114 Å². The largest absolute Gasteiger partial charge is 0.390 e. The molecule has 0 aromatic carbocycles. The molecule has 0 bridgehead atoms. The van der Waals surface area contributed by atoms with Crippen LogP contribution in [0.15, 0.2) is 6.20 Å². The molecule has 0 aliphatic heterocycles. The van der Waals surface area contributed by atoms with E-state index in [1.54, 1.807) is 0 Å². The van der Waals surface area contributed by atoms with E-state index in [-0.39, 0.29) is 28.2 Å². The number of hydrogen-bond acceptors (Lipinski definition) is 7. The third-order valence-electron chi connectivity index (χ3n) is 2.14. The minimum absolute atomic E-state index is 0.0398. The second-order valence-electron chi connectivity index (χ2n) is 3.61. The number of aromatic nitrogens is 2. The first-order chi connectivity index (χ1) is 8.41. The summed E-state index contributed by atoms with van der Waals surface area (Å²) in [6, 6.07) is 0. The number of rotatable bonds is 5. The normalized spacial score (nSPS) is 14.2. The number of aliphatic hydroxyl groups is 2. The lowest BCUT2D eigenvalue weighted by Crippen LogP contribution is -2.21. The number of nitrogens with zero attached hydrogens (tertiary/aromatic N) is 2. The molecular weight excluding hydrogens is 278 g/mol. The molecule has 18 heavy (non-hydrogen) atoms. The van der Waals surface area contributed by atoms with E-state index in [4.69, 9.17) is 17.3 Å². The maximum atomic E-state index is 10.7. The van der Waals surface area contributed by atoms with E-state index in [1.807, 2.05) is 0 Å². The van der Waals surface area contributed by atoms with Crippen LogP contribution < -0.4 is 5.73 Å². The molecule has 0 saturated carbocycles. The first-order valence-corrected chi connectivity index (χ1v) is 6.55. The van der Waals surface area contributed by atoms with Crippen molar-refractivity contribution in [3.63, 3.8) is 0 Å². The van der Waals surface area contributed by atoms with Gasteiger partial charge in [-0.05, 0) is 6.42 Å². The molecule has 4 N–H and O–H groups in total. The van der Waals surface area contributed by atoms with Crippen LogP contribution >= 0.6 is 23.4 Å². The van der Waals surface area contributed by atoms with Gasteiger partial charge in [0.25, 0.3) is 0 Å². The predicted molar refractivity (Wildman–Crippen MR) is 70.2 cm³/mol. The zero-order valence-corrected chi connectivity index (χ0v) is 11.3. The quantitative estimate of drug-likeness (QED) is 0.735. The van der Waals surface area contributed by atoms with Gasteiger partial charge in [0.2, 0.25) is 0 Å². The summed E-state index contributed by atoms with van der Waals surface area (Å²) in [5.74, 6) is 0.547. The van der Waals surface area contributed by atoms with Crippen LogP contribution in [0, 0.1) is 0 Å². The van der Waals surface area contributed by atoms with Gasteiger partial charge in [0.15, 0.2) is 10.3 Å². The van der Waals surface area contributed by atoms with Gasteiger partial charge in [0, 0.05) is 12.7 Å². The number of hydrogen-bond donors (Lipinski definition) is 3. The van der Waals surface area contributed by atoms with Gasteiger partial charge in [-0.1, -0.05) is 23.4 Å². The number of halogens is 1. The fraction of sp³-hybridized carbons (Fsp3) is 0.500. The number of thioether (sulfide) groups is 1. The monoisotopic (exact) mass is 291 g/mol. The lowest BCUT2D eigenvalue weighted by Gasteiger charge is -2.17. The van der Waals surface area contributed by atoms with E-state index < -0.39 is 12.2 Å². The highest BCUT2D eigenvalue weighted by atomic mass is 35.5. The van der Waals surface area contributed by atoms with Crippen LogP contribution in [0.3, 0.4) is 0 Å². The van der Waals surface area contributed by atoms with E-state index in [9.17, 15) is 15.0 Å². The van der Waals surface area contributed by atoms with E-state index in [1.165, 1.54) is 13.1 Å². The molecule has 100 valence electrons. The summed E-state index contributed by atoms with van der Waals surface area (Å²) in [6.45, 7) is 1.44. The maximum absolute atomic E-state index is 10.7. The number of aliphatic hydroxyl groups excluding tert-OH is 2. The number of anilines is 1. The molecule has 1 aromatic rings. The molecule has 8 heteroatoms. The van der Waals surface area contributed by atoms with Gasteiger partial charge in [0.1, 0.15) is 17.6 Å². The summed E-state index contributed by atoms with van der Waals surface area (Å²) >= 11 is 6.85. The minimum atomic E-state index is -1.25. The van der Waals surface area contributed by atoms with Crippen molar-refractivity contribution in [2.45, 2.75) is 25.6 Å². The predicted octanol–water partition coefficient (Wildman–Crippen LogP) is 0.776. The average Bonchev–Trinajstić information content (AvgIpc) is 2.27. The Morgan fingerprint density at radius 3 is 2.83 bits per heavy atom. The molecule has 0 radical (unpaired) electrons. The van der Waals surface area contributed by atoms with E-state index in [0.717, 1.165) is 11.8 Å². The summed E-state index contributed by atoms with van der Waals surface area (Å²) in [7, 11) is 0. The van der Waals surface area contributed by atoms with Crippen molar-refractivity contribution in [2.24, 2.45) is 0 Å². The van der Waals surface area contributed by atoms with Crippen molar-refractivity contribution < 1.29 is 15.0 Å². The molecule has 0 spiro atoms. The summed E-state index contributed by atoms with van der Waals surface area (Å²) in [5, 5.41) is 19.5. The Morgan fingerprint density at radius 2 is 2.28 bits per heavy atom. The second kappa shape index (κ2) is 6.89. The Bertz CT molecular complexity index is 433. The molecule has 1 aromatic heterocycles. The Balaban J connectivity index is 2.62. The average molecular weight is 292 g/mol. The fourth-order valence-electron chi connectivity index (χ4n) is 1.25. The van der Waals surface area contributed by atoms with E-state index in [0.29, 0.717) is 5.75 Å². The Kier molecular flexibility index (Phi) is 5.80. The van der Waals surface area contributed by atoms with Gasteiger partial charge in [-0.25, -0.2) is 4.98 Å². The summed E-state index contributed by atoms with van der Waals surface area (Å²) in [4.78, 5) is 18.3. The zero-order chi connectivity index (χ0) is 13.7. The Hall–Kier alpha value is -0.890. The number of carbonyl (C=O) groups is 1. The van der Waals surface area contributed by atoms with Crippen molar-refractivity contribution in [2.75, 3.05) is 11.5 Å². The summed E-state index contributed by atoms with van der Waals surface area (Å²) in [6.07, 6.45) is -0.819. The van der Waals surface area contributed by atoms with E-state index >= 15 is 0 Å². The van der Waals surface area contributed by atoms with Crippen LogP contribution in [-0.2, 0) is 4.79 Å². The maximum Gasteiger partial charge on any atom is 0.185 e. The highest BCUT2D eigenvalue weighted by molar-refractivity contribution is 8.13. The summed E-state index contributed by atoms with van der Waals surface area (Å²) < 4.78 is 0. The van der Waals surface area contributed by atoms with E-state index in [2.05, 4.69) is 9.97 Å². The van der Waals surface area contributed by atoms with Crippen molar-refractivity contribution >= 4 is 34.3 Å². The van der Waals surface area contributed by atoms with Crippen LogP contribution in [0.4, 0.5) is 5.82 Å². The second-order valence-corrected chi connectivity index (χ2v) is 5.24. The van der Waals surface area contributed by atoms with Gasteiger partial charge >= 0.3 is 0 Å². The smallest absolute Gasteiger partial charge is 0.185 e. The van der Waals surface area contributed by atoms with Crippen molar-refractivity contribution in [3.8, 4) is 0 Å². The lowest BCUT2D eigenvalue weighted by molar-refractivity contribution is -0.109. The Morgan fingerprint density at radius 1 is 1.61 bits per heavy atom. The number of nitrogen functional groups attached to an aromatic ring is 1. The van der Waals surface area contributed by atoms with Crippen LogP contribution in [0.5, 0.6) is 0 Å². The minimum Gasteiger partial charge on any atom is -0.390 e. The lowest BCUT2D eigenvalue weighted by atomic mass is 10.1. The van der Waals surface area contributed by atoms with Crippen LogP contribution in [0.2, 0.25) is 5.15 Å². The van der Waals surface area contributed by atoms with Crippen molar-refractivity contribution in [1.82, 2.24) is 9.97 Å². The molecule has 2 atom stereocenters. The molecule has 0 aliphatic carbocycles. The van der Waals surface area contributed by atoms with Crippen molar-refractivity contribution in [3.05, 3.63) is 17.0 Å². The molecule has 2 unspecified atom stereocenters. The van der Waals surface area contributed by atoms with Gasteiger partial charge in [-0.3, -0.25) is 9.78 Å². The molecule has 0 saturated heterocycles. The molecule has 1 rings (SSSR count). The molecule has 6 nitrogen and oxygen atoms in total. The van der Waals surface area contributed by atoms with Crippen molar-refractivity contribution in [1.29, 1.82) is 0 Å². The standard InChI is InChI=1S/C10H14ClN3O3S/c1-5(15)18-3-2-6(16)9(17)8-10(11)14-7(12)4-13-8/h4,6,9,16-17H,2-3H2,1H3,(H2,12,14). The topological polar surface area (TPSA) is 109 Å². The molecule has 0 fully saturated rings. The first kappa shape index (κ1) is 15.2. The number of nitrogens with two attached hydrogens (primary N) is 1. The van der Waals surface area contributed by atoms with Crippen LogP contribution in [0.1, 0.15) is 25.1 Å². The summed E-state index contributed by atoms with van der Waals surface area (Å²) in [5.41, 5.74) is 5.45. The van der Waals surface area contributed by atoms with Gasteiger partial charge in [-0.15, -0.1) is 0 Å². The first-order valence-electron chi connectivity index (χ1n) is 5.19. The van der Waals surface area contributed by atoms with Gasteiger partial charge in [-0.2, -0.15) is 0 Å². The van der Waals surface area contributed by atoms with Crippen LogP contribution in [0.25, 0.3) is 0 Å². The van der Waals surface area contributed by atoms with Crippen LogP contribution in [-0.4, -0.2) is 37.2 Å². The molecule has 1 heterocycles. The third-order valence-corrected chi connectivity index (χ3v) is 3.26. The van der Waals surface area contributed by atoms with Gasteiger partial charge < -0.3 is 15.9 Å². The fourth-order valence-corrected chi connectivity index (χ4v) is 2.16. The highest BCUT2D eigenvalue weighted by Crippen LogP contribution is 2.24. The molecule has 0 amide bonds. The number of carbonyl (C=O) groups excluding carboxylic acids is 1. The third kappa shape index (κ3) is 4.41. The molecular formula is C10H14ClN3O3S. The SMILES string of the molecule is CC(=O)SCCC(O)C(O)c1ncc(N)nc1Cl. The zero-order valence-electron chi connectivity index (χ0n) is 9.71. The highest BCUT2D eigenvalue weighted by Gasteiger charge is 2.23. The molecule has 0 aliphatic rings. The van der Waals surface area contributed by atoms with Gasteiger partial charge in [0.05, 0.1) is 12.3 Å².